The van der Waals surface area contributed by atoms with Gasteiger partial charge in [0.25, 0.3) is 5.91 Å². The molecule has 1 amide bonds. The van der Waals surface area contributed by atoms with E-state index in [1.165, 1.54) is 4.88 Å². The Morgan fingerprint density at radius 3 is 2.88 bits per heavy atom. The van der Waals surface area contributed by atoms with E-state index in [1.807, 2.05) is 26.1 Å². The van der Waals surface area contributed by atoms with Crippen molar-refractivity contribution in [2.24, 2.45) is 0 Å². The molecule has 0 spiro atoms. The van der Waals surface area contributed by atoms with E-state index < -0.39 is 0 Å². The minimum absolute atomic E-state index is 0.203. The topological polar surface area (TPSA) is 84.2 Å². The lowest BCUT2D eigenvalue weighted by Crippen LogP contribution is -2.26. The van der Waals surface area contributed by atoms with Crippen LogP contribution in [0.4, 0.5) is 5.13 Å². The normalized spacial score (nSPS) is 15.6. The van der Waals surface area contributed by atoms with Gasteiger partial charge in [-0.05, 0) is 45.7 Å². The summed E-state index contributed by atoms with van der Waals surface area (Å²) in [5.74, 6) is 0.336. The molecule has 0 unspecified atom stereocenters. The molecule has 1 fully saturated rings. The number of rotatable bonds is 3. The quantitative estimate of drug-likeness (QED) is 0.753. The van der Waals surface area contributed by atoms with Gasteiger partial charge in [0.2, 0.25) is 0 Å². The zero-order chi connectivity index (χ0) is 17.4. The van der Waals surface area contributed by atoms with E-state index in [0.717, 1.165) is 43.0 Å². The van der Waals surface area contributed by atoms with Crippen LogP contribution in [0.15, 0.2) is 18.5 Å². The van der Waals surface area contributed by atoms with Gasteiger partial charge in [-0.1, -0.05) is 0 Å². The Morgan fingerprint density at radius 1 is 1.28 bits per heavy atom. The second-order valence-electron chi connectivity index (χ2n) is 6.36. The maximum Gasteiger partial charge on any atom is 0.260 e. The highest BCUT2D eigenvalue weighted by Crippen LogP contribution is 2.31. The number of piperidine rings is 1. The van der Waals surface area contributed by atoms with Crippen LogP contribution in [0.25, 0.3) is 5.65 Å². The third kappa shape index (κ3) is 3.14. The van der Waals surface area contributed by atoms with Crippen LogP contribution in [0.2, 0.25) is 0 Å². The molecule has 8 heteroatoms. The average Bonchev–Trinajstić information content (AvgIpc) is 3.22. The largest absolute Gasteiger partial charge is 0.317 e. The van der Waals surface area contributed by atoms with E-state index in [9.17, 15) is 4.79 Å². The van der Waals surface area contributed by atoms with E-state index in [-0.39, 0.29) is 5.91 Å². The van der Waals surface area contributed by atoms with Gasteiger partial charge in [0, 0.05) is 23.3 Å². The van der Waals surface area contributed by atoms with Crippen molar-refractivity contribution in [2.45, 2.75) is 32.6 Å². The van der Waals surface area contributed by atoms with E-state index in [4.69, 9.17) is 0 Å². The number of nitrogens with one attached hydrogen (secondary N) is 2. The van der Waals surface area contributed by atoms with Crippen molar-refractivity contribution in [1.82, 2.24) is 24.9 Å². The van der Waals surface area contributed by atoms with Crippen LogP contribution < -0.4 is 10.6 Å². The summed E-state index contributed by atoms with van der Waals surface area (Å²) in [4.78, 5) is 22.6. The molecule has 3 aromatic rings. The van der Waals surface area contributed by atoms with E-state index in [1.54, 1.807) is 22.0 Å². The summed E-state index contributed by atoms with van der Waals surface area (Å²) < 4.78 is 1.70. The molecule has 1 saturated heterocycles. The first-order valence-corrected chi connectivity index (χ1v) is 9.23. The molecule has 4 heterocycles. The van der Waals surface area contributed by atoms with Crippen molar-refractivity contribution in [3.8, 4) is 0 Å². The highest BCUT2D eigenvalue weighted by atomic mass is 32.1. The third-order valence-electron chi connectivity index (χ3n) is 4.58. The lowest BCUT2D eigenvalue weighted by Gasteiger charge is -2.20. The Bertz CT molecular complexity index is 925. The Hall–Kier alpha value is -2.32. The van der Waals surface area contributed by atoms with Gasteiger partial charge in [0.05, 0.1) is 17.0 Å². The molecule has 1 aliphatic heterocycles. The molecule has 7 nitrogen and oxygen atoms in total. The number of hydrogen-bond donors (Lipinski definition) is 2. The van der Waals surface area contributed by atoms with Crippen molar-refractivity contribution < 1.29 is 4.79 Å². The minimum atomic E-state index is -0.203. The number of hydrogen-bond acceptors (Lipinski definition) is 6. The average molecular weight is 356 g/mol. The fourth-order valence-corrected chi connectivity index (χ4v) is 4.17. The van der Waals surface area contributed by atoms with Crippen molar-refractivity contribution in [3.05, 3.63) is 40.3 Å². The first kappa shape index (κ1) is 16.2. The van der Waals surface area contributed by atoms with E-state index >= 15 is 0 Å². The number of aromatic nitrogens is 4. The van der Waals surface area contributed by atoms with Gasteiger partial charge in [-0.2, -0.15) is 5.10 Å². The number of fused-ring (bicyclic) bond motifs is 1. The first-order valence-electron chi connectivity index (χ1n) is 8.41. The van der Waals surface area contributed by atoms with Crippen molar-refractivity contribution >= 4 is 28.0 Å². The van der Waals surface area contributed by atoms with Crippen LogP contribution in [0, 0.1) is 13.8 Å². The SMILES string of the molecule is Cc1cc2ncc(C(=O)Nc3ncc(C4CCNCC4)s3)c(C)n2n1. The van der Waals surface area contributed by atoms with Crippen molar-refractivity contribution in [1.29, 1.82) is 0 Å². The molecule has 0 radical (unpaired) electrons. The molecule has 0 atom stereocenters. The summed E-state index contributed by atoms with van der Waals surface area (Å²) in [6.07, 6.45) is 5.73. The number of thiazole rings is 1. The molecule has 3 aromatic heterocycles. The molecule has 0 saturated carbocycles. The molecule has 4 rings (SSSR count). The summed E-state index contributed by atoms with van der Waals surface area (Å²) in [6, 6.07) is 1.89. The molecule has 0 aliphatic carbocycles. The minimum Gasteiger partial charge on any atom is -0.317 e. The summed E-state index contributed by atoms with van der Waals surface area (Å²) >= 11 is 1.56. The lowest BCUT2D eigenvalue weighted by molar-refractivity contribution is 0.102. The van der Waals surface area contributed by atoms with Gasteiger partial charge in [0.1, 0.15) is 0 Å². The number of carbonyl (C=O) groups excluding carboxylic acids is 1. The second kappa shape index (κ2) is 6.53. The van der Waals surface area contributed by atoms with Gasteiger partial charge in [-0.3, -0.25) is 10.1 Å². The molecule has 130 valence electrons. The zero-order valence-electron chi connectivity index (χ0n) is 14.2. The van der Waals surface area contributed by atoms with Gasteiger partial charge in [-0.25, -0.2) is 14.5 Å². The Labute approximate surface area is 149 Å². The molecular weight excluding hydrogens is 336 g/mol. The summed E-state index contributed by atoms with van der Waals surface area (Å²) in [5.41, 5.74) is 2.90. The van der Waals surface area contributed by atoms with Crippen molar-refractivity contribution in [3.63, 3.8) is 0 Å². The Morgan fingerprint density at radius 2 is 2.08 bits per heavy atom. The molecule has 25 heavy (non-hydrogen) atoms. The number of carbonyl (C=O) groups is 1. The second-order valence-corrected chi connectivity index (χ2v) is 7.42. The van der Waals surface area contributed by atoms with E-state index in [0.29, 0.717) is 16.6 Å². The van der Waals surface area contributed by atoms with Crippen molar-refractivity contribution in [2.75, 3.05) is 18.4 Å². The smallest absolute Gasteiger partial charge is 0.260 e. The monoisotopic (exact) mass is 356 g/mol. The van der Waals surface area contributed by atoms with Crippen LogP contribution in [0.3, 0.4) is 0 Å². The zero-order valence-corrected chi connectivity index (χ0v) is 15.1. The predicted octanol–water partition coefficient (Wildman–Crippen LogP) is 2.52. The Kier molecular flexibility index (Phi) is 4.22. The maximum absolute atomic E-state index is 12.6. The predicted molar refractivity (Wildman–Crippen MR) is 97.4 cm³/mol. The lowest BCUT2D eigenvalue weighted by atomic mass is 9.97. The number of amides is 1. The highest BCUT2D eigenvalue weighted by molar-refractivity contribution is 7.15. The molecular formula is C17H20N6OS. The van der Waals surface area contributed by atoms with Gasteiger partial charge >= 0.3 is 0 Å². The van der Waals surface area contributed by atoms with Gasteiger partial charge < -0.3 is 5.32 Å². The Balaban J connectivity index is 1.54. The number of nitrogens with zero attached hydrogens (tertiary/aromatic N) is 4. The number of anilines is 1. The number of aryl methyl sites for hydroxylation is 2. The summed E-state index contributed by atoms with van der Waals surface area (Å²) in [7, 11) is 0. The first-order chi connectivity index (χ1) is 12.1. The standard InChI is InChI=1S/C17H20N6OS/c1-10-7-15-19-8-13(11(2)23(15)22-10)16(24)21-17-20-9-14(25-17)12-3-5-18-6-4-12/h7-9,12,18H,3-6H2,1-2H3,(H,20,21,24). The highest BCUT2D eigenvalue weighted by Gasteiger charge is 2.19. The summed E-state index contributed by atoms with van der Waals surface area (Å²) in [5, 5.41) is 11.3. The molecule has 0 aromatic carbocycles. The fraction of sp³-hybridized carbons (Fsp3) is 0.412. The van der Waals surface area contributed by atoms with E-state index in [2.05, 4.69) is 25.7 Å². The maximum atomic E-state index is 12.6. The van der Waals surface area contributed by atoms with Gasteiger partial charge in [0.15, 0.2) is 10.8 Å². The third-order valence-corrected chi connectivity index (χ3v) is 5.65. The molecule has 1 aliphatic rings. The van der Waals surface area contributed by atoms with Crippen LogP contribution in [0.5, 0.6) is 0 Å². The van der Waals surface area contributed by atoms with Crippen LogP contribution >= 0.6 is 11.3 Å². The fourth-order valence-electron chi connectivity index (χ4n) is 3.19. The summed E-state index contributed by atoms with van der Waals surface area (Å²) in [6.45, 7) is 5.86. The van der Waals surface area contributed by atoms with Crippen LogP contribution in [-0.4, -0.2) is 38.6 Å². The molecule has 0 bridgehead atoms. The van der Waals surface area contributed by atoms with Gasteiger partial charge in [-0.15, -0.1) is 11.3 Å². The van der Waals surface area contributed by atoms with Crippen LogP contribution in [0.1, 0.15) is 45.4 Å². The molecule has 2 N–H and O–H groups in total. The van der Waals surface area contributed by atoms with Crippen LogP contribution in [-0.2, 0) is 0 Å².